The van der Waals surface area contributed by atoms with Crippen LogP contribution in [0.5, 0.6) is 5.75 Å². The van der Waals surface area contributed by atoms with Crippen LogP contribution in [0.3, 0.4) is 0 Å². The standard InChI is InChI=1S/C17H14INO3/c1-10-14-9-13(21-2)7-8-15(14)22-16(10)17(20)19-12-5-3-11(18)4-6-12/h3-9H,1-2H3,(H,19,20). The van der Waals surface area contributed by atoms with E-state index in [1.54, 1.807) is 7.11 Å². The molecule has 3 rings (SSSR count). The smallest absolute Gasteiger partial charge is 0.291 e. The second-order valence-electron chi connectivity index (χ2n) is 4.88. The first kappa shape index (κ1) is 14.9. The van der Waals surface area contributed by atoms with Gasteiger partial charge in [-0.2, -0.15) is 0 Å². The van der Waals surface area contributed by atoms with Gasteiger partial charge in [-0.3, -0.25) is 4.79 Å². The van der Waals surface area contributed by atoms with Gasteiger partial charge in [0.05, 0.1) is 7.11 Å². The van der Waals surface area contributed by atoms with Gasteiger partial charge in [-0.15, -0.1) is 0 Å². The number of ether oxygens (including phenoxy) is 1. The Labute approximate surface area is 141 Å². The van der Waals surface area contributed by atoms with E-state index in [0.717, 1.165) is 26.0 Å². The fraction of sp³-hybridized carbons (Fsp3) is 0.118. The molecule has 1 amide bonds. The van der Waals surface area contributed by atoms with E-state index in [4.69, 9.17) is 9.15 Å². The highest BCUT2D eigenvalue weighted by molar-refractivity contribution is 14.1. The molecule has 112 valence electrons. The number of benzene rings is 2. The second kappa shape index (κ2) is 6.00. The molecule has 0 saturated heterocycles. The SMILES string of the molecule is COc1ccc2oc(C(=O)Nc3ccc(I)cc3)c(C)c2c1. The molecule has 3 aromatic rings. The minimum absolute atomic E-state index is 0.256. The summed E-state index contributed by atoms with van der Waals surface area (Å²) in [5, 5.41) is 3.73. The molecule has 1 aromatic heterocycles. The maximum atomic E-state index is 12.4. The van der Waals surface area contributed by atoms with Crippen LogP contribution in [0.2, 0.25) is 0 Å². The molecule has 0 aliphatic heterocycles. The first-order chi connectivity index (χ1) is 10.6. The highest BCUT2D eigenvalue weighted by atomic mass is 127. The maximum absolute atomic E-state index is 12.4. The minimum atomic E-state index is -0.256. The highest BCUT2D eigenvalue weighted by Crippen LogP contribution is 2.29. The predicted molar refractivity (Wildman–Crippen MR) is 94.6 cm³/mol. The number of methoxy groups -OCH3 is 1. The molecule has 0 saturated carbocycles. The summed E-state index contributed by atoms with van der Waals surface area (Å²) in [4.78, 5) is 12.4. The molecule has 1 heterocycles. The Hall–Kier alpha value is -2.02. The van der Waals surface area contributed by atoms with Crippen LogP contribution in [0, 0.1) is 10.5 Å². The quantitative estimate of drug-likeness (QED) is 0.646. The number of hydrogen-bond acceptors (Lipinski definition) is 3. The Morgan fingerprint density at radius 3 is 2.59 bits per heavy atom. The zero-order chi connectivity index (χ0) is 15.7. The fourth-order valence-electron chi connectivity index (χ4n) is 2.26. The van der Waals surface area contributed by atoms with E-state index >= 15 is 0 Å². The number of carbonyl (C=O) groups excluding carboxylic acids is 1. The van der Waals surface area contributed by atoms with Crippen molar-refractivity contribution >= 4 is 45.2 Å². The number of nitrogens with one attached hydrogen (secondary N) is 1. The molecule has 0 aliphatic carbocycles. The van der Waals surface area contributed by atoms with Crippen LogP contribution in [0.25, 0.3) is 11.0 Å². The van der Waals surface area contributed by atoms with Gasteiger partial charge >= 0.3 is 0 Å². The first-order valence-corrected chi connectivity index (χ1v) is 7.80. The third-order valence-electron chi connectivity index (χ3n) is 3.45. The predicted octanol–water partition coefficient (Wildman–Crippen LogP) is 4.61. The second-order valence-corrected chi connectivity index (χ2v) is 6.12. The zero-order valence-corrected chi connectivity index (χ0v) is 14.3. The van der Waals surface area contributed by atoms with Crippen molar-refractivity contribution in [3.8, 4) is 5.75 Å². The van der Waals surface area contributed by atoms with Crippen LogP contribution in [0.15, 0.2) is 46.9 Å². The van der Waals surface area contributed by atoms with Gasteiger partial charge in [0.25, 0.3) is 5.91 Å². The summed E-state index contributed by atoms with van der Waals surface area (Å²) >= 11 is 2.22. The van der Waals surface area contributed by atoms with Crippen molar-refractivity contribution in [1.82, 2.24) is 0 Å². The average molecular weight is 407 g/mol. The van der Waals surface area contributed by atoms with E-state index < -0.39 is 0 Å². The highest BCUT2D eigenvalue weighted by Gasteiger charge is 2.18. The number of hydrogen-bond donors (Lipinski definition) is 1. The molecule has 2 aromatic carbocycles. The maximum Gasteiger partial charge on any atom is 0.291 e. The first-order valence-electron chi connectivity index (χ1n) is 6.72. The lowest BCUT2D eigenvalue weighted by Crippen LogP contribution is -2.11. The summed E-state index contributed by atoms with van der Waals surface area (Å²) in [5.74, 6) is 0.802. The number of anilines is 1. The molecule has 0 atom stereocenters. The van der Waals surface area contributed by atoms with Crippen LogP contribution in [0.4, 0.5) is 5.69 Å². The van der Waals surface area contributed by atoms with Crippen molar-refractivity contribution in [3.63, 3.8) is 0 Å². The number of fused-ring (bicyclic) bond motifs is 1. The van der Waals surface area contributed by atoms with Crippen molar-refractivity contribution in [2.45, 2.75) is 6.92 Å². The van der Waals surface area contributed by atoms with E-state index in [0.29, 0.717) is 11.3 Å². The molecule has 0 unspecified atom stereocenters. The summed E-state index contributed by atoms with van der Waals surface area (Å²) in [5.41, 5.74) is 2.21. The Morgan fingerprint density at radius 2 is 1.91 bits per heavy atom. The van der Waals surface area contributed by atoms with Crippen molar-refractivity contribution < 1.29 is 13.9 Å². The van der Waals surface area contributed by atoms with Gasteiger partial charge in [0.2, 0.25) is 0 Å². The van der Waals surface area contributed by atoms with Crippen LogP contribution in [-0.2, 0) is 0 Å². The normalized spacial score (nSPS) is 10.7. The van der Waals surface area contributed by atoms with Gasteiger partial charge in [-0.25, -0.2) is 0 Å². The van der Waals surface area contributed by atoms with Gasteiger partial charge < -0.3 is 14.5 Å². The molecule has 0 bridgehead atoms. The van der Waals surface area contributed by atoms with Crippen LogP contribution < -0.4 is 10.1 Å². The van der Waals surface area contributed by atoms with Crippen molar-refractivity contribution in [1.29, 1.82) is 0 Å². The Morgan fingerprint density at radius 1 is 1.18 bits per heavy atom. The number of rotatable bonds is 3. The largest absolute Gasteiger partial charge is 0.497 e. The Balaban J connectivity index is 1.93. The third-order valence-corrected chi connectivity index (χ3v) is 4.17. The third kappa shape index (κ3) is 2.81. The number of aryl methyl sites for hydroxylation is 1. The summed E-state index contributed by atoms with van der Waals surface area (Å²) < 4.78 is 12.0. The van der Waals surface area contributed by atoms with E-state index in [2.05, 4.69) is 27.9 Å². The van der Waals surface area contributed by atoms with Crippen molar-refractivity contribution in [2.75, 3.05) is 12.4 Å². The molecular formula is C17H14INO3. The van der Waals surface area contributed by atoms with E-state index in [9.17, 15) is 4.79 Å². The summed E-state index contributed by atoms with van der Waals surface area (Å²) in [6.45, 7) is 1.87. The molecule has 22 heavy (non-hydrogen) atoms. The summed E-state index contributed by atoms with van der Waals surface area (Å²) in [6.07, 6.45) is 0. The number of carbonyl (C=O) groups is 1. The zero-order valence-electron chi connectivity index (χ0n) is 12.1. The molecule has 4 nitrogen and oxygen atoms in total. The van der Waals surface area contributed by atoms with Crippen molar-refractivity contribution in [3.05, 3.63) is 57.4 Å². The van der Waals surface area contributed by atoms with Crippen molar-refractivity contribution in [2.24, 2.45) is 0 Å². The molecule has 0 radical (unpaired) electrons. The number of furan rings is 1. The van der Waals surface area contributed by atoms with E-state index in [1.165, 1.54) is 0 Å². The van der Waals surface area contributed by atoms with E-state index in [1.807, 2.05) is 49.4 Å². The van der Waals surface area contributed by atoms with Gasteiger partial charge in [0.1, 0.15) is 11.3 Å². The van der Waals surface area contributed by atoms with Gasteiger partial charge in [-0.1, -0.05) is 0 Å². The lowest BCUT2D eigenvalue weighted by molar-refractivity contribution is 0.0998. The number of halogens is 1. The number of amides is 1. The molecule has 0 aliphatic rings. The van der Waals surface area contributed by atoms with Crippen LogP contribution in [-0.4, -0.2) is 13.0 Å². The Bertz CT molecular complexity index is 837. The fourth-order valence-corrected chi connectivity index (χ4v) is 2.62. The molecule has 5 heteroatoms. The summed E-state index contributed by atoms with van der Waals surface area (Å²) in [7, 11) is 1.61. The van der Waals surface area contributed by atoms with Gasteiger partial charge in [-0.05, 0) is 72.0 Å². The molecular weight excluding hydrogens is 393 g/mol. The van der Waals surface area contributed by atoms with E-state index in [-0.39, 0.29) is 5.91 Å². The summed E-state index contributed by atoms with van der Waals surface area (Å²) in [6, 6.07) is 13.1. The lowest BCUT2D eigenvalue weighted by atomic mass is 10.1. The monoisotopic (exact) mass is 407 g/mol. The Kier molecular flexibility index (Phi) is 4.06. The molecule has 0 fully saturated rings. The van der Waals surface area contributed by atoms with Gasteiger partial charge in [0.15, 0.2) is 5.76 Å². The van der Waals surface area contributed by atoms with Gasteiger partial charge in [0, 0.05) is 20.2 Å². The average Bonchev–Trinajstić information content (AvgIpc) is 2.86. The lowest BCUT2D eigenvalue weighted by Gasteiger charge is -2.03. The van der Waals surface area contributed by atoms with Crippen LogP contribution in [0.1, 0.15) is 16.1 Å². The van der Waals surface area contributed by atoms with Crippen LogP contribution >= 0.6 is 22.6 Å². The topological polar surface area (TPSA) is 51.5 Å². The minimum Gasteiger partial charge on any atom is -0.497 e. The molecule has 0 spiro atoms. The molecule has 1 N–H and O–H groups in total.